The third-order valence-electron chi connectivity index (χ3n) is 5.70. The molecule has 168 valence electrons. The van der Waals surface area contributed by atoms with Crippen molar-refractivity contribution >= 4 is 15.9 Å². The first-order valence-corrected chi connectivity index (χ1v) is 12.0. The van der Waals surface area contributed by atoms with Crippen molar-refractivity contribution in [3.8, 4) is 0 Å². The van der Waals surface area contributed by atoms with Gasteiger partial charge in [0, 0.05) is 51.4 Å². The van der Waals surface area contributed by atoms with Crippen LogP contribution in [0.25, 0.3) is 0 Å². The molecule has 0 spiro atoms. The van der Waals surface area contributed by atoms with E-state index in [-0.39, 0.29) is 22.7 Å². The van der Waals surface area contributed by atoms with Crippen molar-refractivity contribution in [3.05, 3.63) is 65.5 Å². The van der Waals surface area contributed by atoms with Crippen molar-refractivity contribution in [2.24, 2.45) is 0 Å². The Morgan fingerprint density at radius 1 is 1.00 bits per heavy atom. The van der Waals surface area contributed by atoms with E-state index in [1.54, 1.807) is 31.3 Å². The Labute approximate surface area is 184 Å². The molecule has 1 aliphatic rings. The Kier molecular flexibility index (Phi) is 7.46. The van der Waals surface area contributed by atoms with Crippen molar-refractivity contribution < 1.29 is 17.6 Å². The second-order valence-corrected chi connectivity index (χ2v) is 10.2. The quantitative estimate of drug-likeness (QED) is 0.682. The van der Waals surface area contributed by atoms with Gasteiger partial charge in [0.25, 0.3) is 5.91 Å². The molecule has 3 rings (SSSR count). The van der Waals surface area contributed by atoms with Gasteiger partial charge >= 0.3 is 0 Å². The highest BCUT2D eigenvalue weighted by Gasteiger charge is 2.24. The van der Waals surface area contributed by atoms with Crippen LogP contribution in [-0.4, -0.2) is 67.7 Å². The van der Waals surface area contributed by atoms with Crippen LogP contribution in [0.15, 0.2) is 53.4 Å². The van der Waals surface area contributed by atoms with E-state index < -0.39 is 10.0 Å². The molecule has 0 aliphatic carbocycles. The van der Waals surface area contributed by atoms with Crippen LogP contribution in [0, 0.1) is 5.82 Å². The number of carbonyl (C=O) groups is 1. The SMILES string of the molecule is CC(C)N(C)S(=O)(=O)c1ccc(C(=O)N2CCCN(Cc3ccc(F)cc3)CC2)cc1. The van der Waals surface area contributed by atoms with Crippen LogP contribution in [0.4, 0.5) is 4.39 Å². The highest BCUT2D eigenvalue weighted by atomic mass is 32.2. The van der Waals surface area contributed by atoms with Crippen LogP contribution in [0.3, 0.4) is 0 Å². The highest BCUT2D eigenvalue weighted by Crippen LogP contribution is 2.19. The van der Waals surface area contributed by atoms with E-state index >= 15 is 0 Å². The maximum atomic E-state index is 13.1. The molecule has 31 heavy (non-hydrogen) atoms. The van der Waals surface area contributed by atoms with Gasteiger partial charge in [-0.15, -0.1) is 0 Å². The lowest BCUT2D eigenvalue weighted by molar-refractivity contribution is 0.0761. The Balaban J connectivity index is 1.63. The summed E-state index contributed by atoms with van der Waals surface area (Å²) in [5.74, 6) is -0.337. The zero-order valence-corrected chi connectivity index (χ0v) is 19.1. The van der Waals surface area contributed by atoms with Gasteiger partial charge in [0.05, 0.1) is 4.90 Å². The minimum absolute atomic E-state index is 0.0928. The van der Waals surface area contributed by atoms with Gasteiger partial charge in [-0.1, -0.05) is 12.1 Å². The van der Waals surface area contributed by atoms with Crippen LogP contribution in [-0.2, 0) is 16.6 Å². The van der Waals surface area contributed by atoms with Crippen molar-refractivity contribution in [2.45, 2.75) is 37.8 Å². The fraction of sp³-hybridized carbons (Fsp3) is 0.435. The predicted molar refractivity (Wildman–Crippen MR) is 119 cm³/mol. The largest absolute Gasteiger partial charge is 0.337 e. The summed E-state index contributed by atoms with van der Waals surface area (Å²) in [4.78, 5) is 17.2. The van der Waals surface area contributed by atoms with E-state index in [9.17, 15) is 17.6 Å². The number of sulfonamides is 1. The maximum absolute atomic E-state index is 13.1. The van der Waals surface area contributed by atoms with Crippen molar-refractivity contribution in [3.63, 3.8) is 0 Å². The first-order valence-electron chi connectivity index (χ1n) is 10.5. The van der Waals surface area contributed by atoms with Gasteiger partial charge in [-0.2, -0.15) is 4.31 Å². The van der Waals surface area contributed by atoms with Gasteiger partial charge < -0.3 is 4.90 Å². The maximum Gasteiger partial charge on any atom is 0.253 e. The molecule has 0 aromatic heterocycles. The summed E-state index contributed by atoms with van der Waals surface area (Å²) in [6, 6.07) is 12.5. The minimum Gasteiger partial charge on any atom is -0.337 e. The van der Waals surface area contributed by atoms with E-state index in [2.05, 4.69) is 4.90 Å². The van der Waals surface area contributed by atoms with Crippen molar-refractivity contribution in [1.82, 2.24) is 14.1 Å². The van der Waals surface area contributed by atoms with Gasteiger partial charge in [-0.3, -0.25) is 9.69 Å². The second kappa shape index (κ2) is 9.89. The Hall–Kier alpha value is -2.29. The summed E-state index contributed by atoms with van der Waals surface area (Å²) < 4.78 is 39.6. The summed E-state index contributed by atoms with van der Waals surface area (Å²) in [5.41, 5.74) is 1.53. The summed E-state index contributed by atoms with van der Waals surface area (Å²) in [6.45, 7) is 7.18. The molecule has 6 nitrogen and oxygen atoms in total. The van der Waals surface area contributed by atoms with Crippen LogP contribution >= 0.6 is 0 Å². The molecule has 0 atom stereocenters. The zero-order chi connectivity index (χ0) is 22.6. The summed E-state index contributed by atoms with van der Waals surface area (Å²) >= 11 is 0. The molecular formula is C23H30FN3O3S. The topological polar surface area (TPSA) is 60.9 Å². The molecule has 2 aromatic carbocycles. The summed E-state index contributed by atoms with van der Waals surface area (Å²) in [7, 11) is -2.02. The normalized spacial score (nSPS) is 16.0. The average molecular weight is 448 g/mol. The number of rotatable bonds is 6. The third-order valence-corrected chi connectivity index (χ3v) is 7.75. The zero-order valence-electron chi connectivity index (χ0n) is 18.3. The molecular weight excluding hydrogens is 417 g/mol. The van der Waals surface area contributed by atoms with Gasteiger partial charge in [0.1, 0.15) is 5.82 Å². The fourth-order valence-corrected chi connectivity index (χ4v) is 4.94. The Morgan fingerprint density at radius 2 is 1.65 bits per heavy atom. The number of nitrogens with zero attached hydrogens (tertiary/aromatic N) is 3. The van der Waals surface area contributed by atoms with E-state index in [1.165, 1.54) is 28.6 Å². The molecule has 0 saturated carbocycles. The Morgan fingerprint density at radius 3 is 2.26 bits per heavy atom. The second-order valence-electron chi connectivity index (χ2n) is 8.19. The van der Waals surface area contributed by atoms with E-state index in [0.717, 1.165) is 31.6 Å². The first kappa shape index (κ1) is 23.4. The molecule has 0 unspecified atom stereocenters. The molecule has 0 N–H and O–H groups in total. The monoisotopic (exact) mass is 447 g/mol. The fourth-order valence-electron chi connectivity index (χ4n) is 3.58. The van der Waals surface area contributed by atoms with Crippen LogP contribution in [0.2, 0.25) is 0 Å². The molecule has 0 bridgehead atoms. The highest BCUT2D eigenvalue weighted by molar-refractivity contribution is 7.89. The number of benzene rings is 2. The molecule has 2 aromatic rings. The molecule has 1 fully saturated rings. The lowest BCUT2D eigenvalue weighted by Crippen LogP contribution is -2.35. The lowest BCUT2D eigenvalue weighted by atomic mass is 10.2. The number of hydrogen-bond donors (Lipinski definition) is 0. The van der Waals surface area contributed by atoms with Crippen LogP contribution in [0.1, 0.15) is 36.2 Å². The molecule has 1 aliphatic heterocycles. The standard InChI is InChI=1S/C23H30FN3O3S/c1-18(2)25(3)31(29,30)22-11-7-20(8-12-22)23(28)27-14-4-13-26(15-16-27)17-19-5-9-21(24)10-6-19/h5-12,18H,4,13-17H2,1-3H3. The smallest absolute Gasteiger partial charge is 0.253 e. The van der Waals surface area contributed by atoms with E-state index in [0.29, 0.717) is 18.7 Å². The minimum atomic E-state index is -3.57. The van der Waals surface area contributed by atoms with Gasteiger partial charge in [0.15, 0.2) is 0 Å². The first-order chi connectivity index (χ1) is 14.7. The number of carbonyl (C=O) groups excluding carboxylic acids is 1. The molecule has 1 saturated heterocycles. The van der Waals surface area contributed by atoms with Gasteiger partial charge in [-0.25, -0.2) is 12.8 Å². The van der Waals surface area contributed by atoms with Crippen molar-refractivity contribution in [2.75, 3.05) is 33.2 Å². The van der Waals surface area contributed by atoms with E-state index in [1.807, 2.05) is 18.7 Å². The summed E-state index contributed by atoms with van der Waals surface area (Å²) in [5, 5.41) is 0. The molecule has 8 heteroatoms. The van der Waals surface area contributed by atoms with Crippen LogP contribution < -0.4 is 0 Å². The number of halogens is 1. The summed E-state index contributed by atoms with van der Waals surface area (Å²) in [6.07, 6.45) is 0.846. The predicted octanol–water partition coefficient (Wildman–Crippen LogP) is 3.20. The van der Waals surface area contributed by atoms with Crippen molar-refractivity contribution in [1.29, 1.82) is 0 Å². The average Bonchev–Trinajstić information content (AvgIpc) is 3.00. The van der Waals surface area contributed by atoms with Gasteiger partial charge in [-0.05, 0) is 62.2 Å². The molecule has 0 radical (unpaired) electrons. The van der Waals surface area contributed by atoms with Gasteiger partial charge in [0.2, 0.25) is 10.0 Å². The number of hydrogen-bond acceptors (Lipinski definition) is 4. The van der Waals surface area contributed by atoms with Crippen LogP contribution in [0.5, 0.6) is 0 Å². The molecule has 1 amide bonds. The number of amides is 1. The lowest BCUT2D eigenvalue weighted by Gasteiger charge is -2.23. The van der Waals surface area contributed by atoms with E-state index in [4.69, 9.17) is 0 Å². The molecule has 1 heterocycles. The Bertz CT molecular complexity index is 992. The third kappa shape index (κ3) is 5.70.